The maximum absolute atomic E-state index is 14.2. The fraction of sp³-hybridized carbons (Fsp3) is 0.538. The Kier molecular flexibility index (Phi) is 6.99. The van der Waals surface area contributed by atoms with E-state index in [0.717, 1.165) is 5.71 Å². The first kappa shape index (κ1) is 26.3. The predicted molar refractivity (Wildman–Crippen MR) is 130 cm³/mol. The largest absolute Gasteiger partial charge is 0.431 e. The fourth-order valence-electron chi connectivity index (χ4n) is 5.43. The van der Waals surface area contributed by atoms with Crippen molar-refractivity contribution in [3.8, 4) is 0 Å². The highest BCUT2D eigenvalue weighted by atomic mass is 19.4. The van der Waals surface area contributed by atoms with E-state index >= 15 is 0 Å². The first-order valence-corrected chi connectivity index (χ1v) is 12.7. The molecule has 1 saturated heterocycles. The van der Waals surface area contributed by atoms with Gasteiger partial charge in [0, 0.05) is 43.5 Å². The Morgan fingerprint density at radius 3 is 2.42 bits per heavy atom. The van der Waals surface area contributed by atoms with E-state index in [1.54, 1.807) is 11.8 Å². The van der Waals surface area contributed by atoms with Crippen LogP contribution < -0.4 is 0 Å². The van der Waals surface area contributed by atoms with Crippen LogP contribution in [0.25, 0.3) is 0 Å². The second-order valence-corrected chi connectivity index (χ2v) is 10.2. The maximum atomic E-state index is 14.2. The van der Waals surface area contributed by atoms with Gasteiger partial charge in [0.2, 0.25) is 5.91 Å². The van der Waals surface area contributed by atoms with E-state index in [2.05, 4.69) is 10.3 Å². The zero-order chi connectivity index (χ0) is 27.2. The number of benzene rings is 1. The summed E-state index contributed by atoms with van der Waals surface area (Å²) in [7, 11) is 0. The van der Waals surface area contributed by atoms with Crippen LogP contribution in [-0.2, 0) is 9.63 Å². The van der Waals surface area contributed by atoms with Gasteiger partial charge in [0.05, 0.1) is 17.3 Å². The molecule has 0 N–H and O–H groups in total. The minimum Gasteiger partial charge on any atom is -0.387 e. The van der Waals surface area contributed by atoms with Crippen LogP contribution in [0, 0.1) is 23.5 Å². The number of allylic oxidation sites excluding steroid dienone is 2. The zero-order valence-corrected chi connectivity index (χ0v) is 21.0. The molecule has 4 aliphatic rings. The van der Waals surface area contributed by atoms with Crippen LogP contribution in [0.3, 0.4) is 0 Å². The first-order valence-electron chi connectivity index (χ1n) is 12.7. The second-order valence-electron chi connectivity index (χ2n) is 10.2. The van der Waals surface area contributed by atoms with Gasteiger partial charge in [0.15, 0.2) is 6.10 Å². The van der Waals surface area contributed by atoms with Crippen LogP contribution in [-0.4, -0.2) is 64.8 Å². The third-order valence-corrected chi connectivity index (χ3v) is 7.55. The van der Waals surface area contributed by atoms with Gasteiger partial charge in [-0.3, -0.25) is 14.8 Å². The number of nitrogens with zero attached hydrogens (tertiary/aromatic N) is 5. The minimum absolute atomic E-state index is 0.0322. The molecular formula is C26H28F5N5O2. The van der Waals surface area contributed by atoms with Gasteiger partial charge in [-0.05, 0) is 38.0 Å². The van der Waals surface area contributed by atoms with Gasteiger partial charge in [0.25, 0.3) is 0 Å². The average molecular weight is 538 g/mol. The highest BCUT2D eigenvalue weighted by Gasteiger charge is 2.42. The molecule has 7 nitrogen and oxygen atoms in total. The van der Waals surface area contributed by atoms with Gasteiger partial charge < -0.3 is 9.74 Å². The third kappa shape index (κ3) is 5.17. The number of oxime groups is 1. The smallest absolute Gasteiger partial charge is 0.387 e. The normalized spacial score (nSPS) is 26.2. The summed E-state index contributed by atoms with van der Waals surface area (Å²) in [4.78, 5) is 24.6. The lowest BCUT2D eigenvalue weighted by molar-refractivity contribution is -0.133. The molecule has 0 spiro atoms. The lowest BCUT2D eigenvalue weighted by Gasteiger charge is -2.34. The molecule has 0 aromatic heterocycles. The van der Waals surface area contributed by atoms with Gasteiger partial charge in [-0.25, -0.2) is 8.78 Å². The number of hydrogen-bond donors (Lipinski definition) is 0. The Bertz CT molecular complexity index is 1210. The maximum Gasteiger partial charge on any atom is 0.431 e. The Balaban J connectivity index is 1.16. The Morgan fingerprint density at radius 2 is 1.79 bits per heavy atom. The second kappa shape index (κ2) is 10.1. The Hall–Kier alpha value is -3.31. The topological polar surface area (TPSA) is 69.9 Å². The predicted octanol–water partition coefficient (Wildman–Crippen LogP) is 5.01. The van der Waals surface area contributed by atoms with Crippen molar-refractivity contribution in [1.82, 2.24) is 9.91 Å². The van der Waals surface area contributed by atoms with Gasteiger partial charge in [0.1, 0.15) is 29.6 Å². The van der Waals surface area contributed by atoms with Gasteiger partial charge in [-0.1, -0.05) is 18.1 Å². The monoisotopic (exact) mass is 537 g/mol. The number of alkyl halides is 3. The van der Waals surface area contributed by atoms with Crippen LogP contribution in [0.15, 0.2) is 45.2 Å². The van der Waals surface area contributed by atoms with Crippen molar-refractivity contribution >= 4 is 23.0 Å². The number of rotatable bonds is 5. The molecule has 0 saturated carbocycles. The molecular weight excluding hydrogens is 509 g/mol. The number of carbonyl (C=O) groups excluding carboxylic acids is 1. The number of carbonyl (C=O) groups is 1. The van der Waals surface area contributed by atoms with Crippen molar-refractivity contribution in [3.63, 3.8) is 0 Å². The summed E-state index contributed by atoms with van der Waals surface area (Å²) < 4.78 is 67.2. The molecule has 3 atom stereocenters. The molecule has 4 aliphatic heterocycles. The van der Waals surface area contributed by atoms with E-state index in [9.17, 15) is 26.7 Å². The van der Waals surface area contributed by atoms with Gasteiger partial charge in [-0.2, -0.15) is 18.3 Å². The third-order valence-electron chi connectivity index (χ3n) is 7.55. The fourth-order valence-corrected chi connectivity index (χ4v) is 5.43. The quantitative estimate of drug-likeness (QED) is 0.496. The van der Waals surface area contributed by atoms with Crippen LogP contribution in [0.5, 0.6) is 0 Å². The minimum atomic E-state index is -4.49. The molecule has 1 fully saturated rings. The van der Waals surface area contributed by atoms with E-state index in [4.69, 9.17) is 9.83 Å². The number of amides is 1. The number of hydrazone groups is 1. The molecule has 0 bridgehead atoms. The summed E-state index contributed by atoms with van der Waals surface area (Å²) in [5.74, 6) is -1.45. The molecule has 1 aromatic carbocycles. The van der Waals surface area contributed by atoms with E-state index in [-0.39, 0.29) is 42.7 Å². The van der Waals surface area contributed by atoms with E-state index in [0.29, 0.717) is 37.3 Å². The molecule has 1 aromatic rings. The highest BCUT2D eigenvalue weighted by Crippen LogP contribution is 2.36. The molecule has 1 amide bonds. The number of hydrogen-bond acceptors (Lipinski definition) is 6. The summed E-state index contributed by atoms with van der Waals surface area (Å²) in [6.07, 6.45) is -2.05. The number of halogens is 5. The molecule has 5 rings (SSSR count). The standard InChI is InChI=1S/C26H28F5N5O2/c1-14-10-19(20-12-21(38-34-20)24-17(27)4-3-5-18(24)28)32-25(14)16-6-8-35(9-7-16)23(37)13-36-15(2)11-22(33-36)26(29,30)31/h3-5,10,14-16,21H,6-9,11-13H2,1-2H3. The molecule has 12 heteroatoms. The molecule has 0 radical (unpaired) electrons. The molecule has 0 aliphatic carbocycles. The van der Waals surface area contributed by atoms with Crippen LogP contribution >= 0.6 is 0 Å². The highest BCUT2D eigenvalue weighted by molar-refractivity contribution is 6.07. The molecule has 38 heavy (non-hydrogen) atoms. The zero-order valence-electron chi connectivity index (χ0n) is 21.0. The van der Waals surface area contributed by atoms with Crippen molar-refractivity contribution in [2.45, 2.75) is 57.9 Å². The molecule has 3 unspecified atom stereocenters. The summed E-state index contributed by atoms with van der Waals surface area (Å²) >= 11 is 0. The van der Waals surface area contributed by atoms with E-state index in [1.165, 1.54) is 23.2 Å². The van der Waals surface area contributed by atoms with Gasteiger partial charge in [-0.15, -0.1) is 0 Å². The summed E-state index contributed by atoms with van der Waals surface area (Å²) in [5.41, 5.74) is 1.12. The SMILES string of the molecule is CC1C=C(C2=NOC(c3c(F)cccc3F)C2)N=C1C1CCN(C(=O)CN2N=C(C(F)(F)F)CC2C)CC1. The van der Waals surface area contributed by atoms with Crippen molar-refractivity contribution < 1.29 is 31.6 Å². The van der Waals surface area contributed by atoms with Gasteiger partial charge >= 0.3 is 6.18 Å². The van der Waals surface area contributed by atoms with Crippen molar-refractivity contribution in [2.24, 2.45) is 27.1 Å². The molecule has 4 heterocycles. The van der Waals surface area contributed by atoms with Crippen molar-refractivity contribution in [3.05, 3.63) is 47.2 Å². The Morgan fingerprint density at radius 1 is 1.11 bits per heavy atom. The van der Waals surface area contributed by atoms with Crippen LogP contribution in [0.1, 0.15) is 51.2 Å². The average Bonchev–Trinajstić information content (AvgIpc) is 3.58. The Labute approximate surface area is 216 Å². The van der Waals surface area contributed by atoms with Crippen molar-refractivity contribution in [2.75, 3.05) is 19.6 Å². The summed E-state index contributed by atoms with van der Waals surface area (Å²) in [6, 6.07) is 3.18. The van der Waals surface area contributed by atoms with E-state index in [1.807, 2.05) is 13.0 Å². The number of piperidine rings is 1. The first-order chi connectivity index (χ1) is 18.0. The van der Waals surface area contributed by atoms with Crippen LogP contribution in [0.2, 0.25) is 0 Å². The number of likely N-dealkylation sites (tertiary alicyclic amines) is 1. The lowest BCUT2D eigenvalue weighted by atomic mass is 9.86. The van der Waals surface area contributed by atoms with E-state index < -0.39 is 35.7 Å². The lowest BCUT2D eigenvalue weighted by Crippen LogP contribution is -2.45. The van der Waals surface area contributed by atoms with Crippen molar-refractivity contribution in [1.29, 1.82) is 0 Å². The summed E-state index contributed by atoms with van der Waals surface area (Å²) in [6.45, 7) is 4.40. The molecule has 204 valence electrons. The van der Waals surface area contributed by atoms with Crippen LogP contribution in [0.4, 0.5) is 22.0 Å². The number of aliphatic imine (C=N–C) groups is 1. The summed E-state index contributed by atoms with van der Waals surface area (Å²) in [5, 5.41) is 8.91.